The Bertz CT molecular complexity index is 792. The molecule has 0 bridgehead atoms. The number of hydrogen-bond acceptors (Lipinski definition) is 5. The van der Waals surface area contributed by atoms with Crippen LogP contribution in [-0.4, -0.2) is 59.3 Å². The van der Waals surface area contributed by atoms with E-state index in [0.717, 1.165) is 36.6 Å². The topological polar surface area (TPSA) is 58.8 Å². The molecule has 2 aliphatic rings. The van der Waals surface area contributed by atoms with E-state index in [4.69, 9.17) is 9.26 Å². The minimum atomic E-state index is -0.163. The van der Waals surface area contributed by atoms with Crippen molar-refractivity contribution in [2.24, 2.45) is 0 Å². The van der Waals surface area contributed by atoms with Crippen LogP contribution in [0.5, 0.6) is 0 Å². The molecule has 2 saturated heterocycles. The van der Waals surface area contributed by atoms with Crippen molar-refractivity contribution in [3.63, 3.8) is 0 Å². The van der Waals surface area contributed by atoms with Crippen LogP contribution >= 0.6 is 0 Å². The van der Waals surface area contributed by atoms with E-state index in [0.29, 0.717) is 25.6 Å². The van der Waals surface area contributed by atoms with Crippen molar-refractivity contribution < 1.29 is 14.1 Å². The molecule has 2 aliphatic heterocycles. The van der Waals surface area contributed by atoms with Crippen molar-refractivity contribution in [3.8, 4) is 0 Å². The van der Waals surface area contributed by atoms with Gasteiger partial charge in [0.2, 0.25) is 5.91 Å². The smallest absolute Gasteiger partial charge is 0.227 e. The van der Waals surface area contributed by atoms with Gasteiger partial charge in [0.1, 0.15) is 11.4 Å². The maximum absolute atomic E-state index is 12.6. The van der Waals surface area contributed by atoms with E-state index in [-0.39, 0.29) is 11.5 Å². The second-order valence-corrected chi connectivity index (χ2v) is 7.98. The molecule has 2 fully saturated rings. The van der Waals surface area contributed by atoms with Gasteiger partial charge in [0.25, 0.3) is 0 Å². The van der Waals surface area contributed by atoms with Crippen molar-refractivity contribution in [2.45, 2.75) is 44.9 Å². The van der Waals surface area contributed by atoms with Crippen LogP contribution in [0.4, 0.5) is 0 Å². The number of likely N-dealkylation sites (N-methyl/N-ethyl adjacent to an activating group) is 1. The number of ether oxygens (including phenoxy) is 1. The molecule has 1 aromatic carbocycles. The average molecular weight is 369 g/mol. The Morgan fingerprint density at radius 1 is 1.30 bits per heavy atom. The standard InChI is InChI=1S/C21H27N3O3/c1-15-19(16(2)27-22-15)9-20(25)24-13-21(14-24)10-18(12-26-21)23(3)11-17-7-5-4-6-8-17/h4-8,18H,9-14H2,1-3H3/t18-/m0/s1. The lowest BCUT2D eigenvalue weighted by atomic mass is 9.88. The zero-order valence-electron chi connectivity index (χ0n) is 16.3. The first-order valence-electron chi connectivity index (χ1n) is 9.53. The molecular weight excluding hydrogens is 342 g/mol. The molecule has 0 unspecified atom stereocenters. The Hall–Kier alpha value is -2.18. The van der Waals surface area contributed by atoms with E-state index >= 15 is 0 Å². The highest BCUT2D eigenvalue weighted by atomic mass is 16.5. The summed E-state index contributed by atoms with van der Waals surface area (Å²) in [7, 11) is 2.15. The van der Waals surface area contributed by atoms with Gasteiger partial charge < -0.3 is 14.2 Å². The fourth-order valence-electron chi connectivity index (χ4n) is 4.17. The third kappa shape index (κ3) is 3.64. The van der Waals surface area contributed by atoms with Crippen molar-refractivity contribution in [1.29, 1.82) is 0 Å². The van der Waals surface area contributed by atoms with Gasteiger partial charge in [-0.05, 0) is 32.9 Å². The summed E-state index contributed by atoms with van der Waals surface area (Å²) in [6, 6.07) is 10.9. The van der Waals surface area contributed by atoms with E-state index in [9.17, 15) is 4.79 Å². The van der Waals surface area contributed by atoms with Crippen molar-refractivity contribution >= 4 is 5.91 Å². The lowest BCUT2D eigenvalue weighted by molar-refractivity contribution is -0.157. The van der Waals surface area contributed by atoms with E-state index in [1.165, 1.54) is 5.56 Å². The van der Waals surface area contributed by atoms with Gasteiger partial charge in [-0.1, -0.05) is 35.5 Å². The van der Waals surface area contributed by atoms with Gasteiger partial charge in [-0.25, -0.2) is 0 Å². The maximum atomic E-state index is 12.6. The van der Waals surface area contributed by atoms with E-state index in [1.807, 2.05) is 24.8 Å². The number of aromatic nitrogens is 1. The molecule has 2 aromatic rings. The van der Waals surface area contributed by atoms with Crippen molar-refractivity contribution in [2.75, 3.05) is 26.7 Å². The van der Waals surface area contributed by atoms with Crippen LogP contribution in [0, 0.1) is 13.8 Å². The molecule has 27 heavy (non-hydrogen) atoms. The molecule has 0 aliphatic carbocycles. The predicted molar refractivity (Wildman–Crippen MR) is 101 cm³/mol. The van der Waals surface area contributed by atoms with Gasteiger partial charge in [-0.3, -0.25) is 9.69 Å². The van der Waals surface area contributed by atoms with Crippen LogP contribution < -0.4 is 0 Å². The summed E-state index contributed by atoms with van der Waals surface area (Å²) in [4.78, 5) is 16.8. The number of aryl methyl sites for hydroxylation is 2. The van der Waals surface area contributed by atoms with Crippen LogP contribution in [0.3, 0.4) is 0 Å². The fraction of sp³-hybridized carbons (Fsp3) is 0.524. The monoisotopic (exact) mass is 369 g/mol. The van der Waals surface area contributed by atoms with Crippen molar-refractivity contribution in [3.05, 3.63) is 52.9 Å². The Labute approximate surface area is 160 Å². The van der Waals surface area contributed by atoms with Crippen LogP contribution in [0.25, 0.3) is 0 Å². The number of carbonyl (C=O) groups is 1. The lowest BCUT2D eigenvalue weighted by Gasteiger charge is -2.47. The number of hydrogen-bond donors (Lipinski definition) is 0. The lowest BCUT2D eigenvalue weighted by Crippen LogP contribution is -2.63. The number of carbonyl (C=O) groups excluding carboxylic acids is 1. The highest BCUT2D eigenvalue weighted by Gasteiger charge is 2.51. The maximum Gasteiger partial charge on any atom is 0.227 e. The Kier molecular flexibility index (Phi) is 4.78. The van der Waals surface area contributed by atoms with Gasteiger partial charge in [-0.15, -0.1) is 0 Å². The van der Waals surface area contributed by atoms with Crippen LogP contribution in [-0.2, 0) is 22.5 Å². The van der Waals surface area contributed by atoms with Gasteiger partial charge >= 0.3 is 0 Å². The normalized spacial score (nSPS) is 21.0. The zero-order chi connectivity index (χ0) is 19.0. The summed E-state index contributed by atoms with van der Waals surface area (Å²) in [6.07, 6.45) is 1.33. The first-order chi connectivity index (χ1) is 13.0. The largest absolute Gasteiger partial charge is 0.370 e. The summed E-state index contributed by atoms with van der Waals surface area (Å²) in [5, 5.41) is 3.93. The molecule has 1 atom stereocenters. The average Bonchev–Trinajstić information content (AvgIpc) is 3.21. The minimum absolute atomic E-state index is 0.125. The first kappa shape index (κ1) is 18.2. The number of likely N-dealkylation sites (tertiary alicyclic amines) is 1. The van der Waals surface area contributed by atoms with Gasteiger partial charge in [0, 0.05) is 18.2 Å². The predicted octanol–water partition coefficient (Wildman–Crippen LogP) is 2.34. The zero-order valence-corrected chi connectivity index (χ0v) is 16.3. The molecule has 0 N–H and O–H groups in total. The quantitative estimate of drug-likeness (QED) is 0.810. The molecule has 1 amide bonds. The van der Waals surface area contributed by atoms with E-state index in [1.54, 1.807) is 0 Å². The van der Waals surface area contributed by atoms with Gasteiger partial charge in [0.15, 0.2) is 0 Å². The summed E-state index contributed by atoms with van der Waals surface area (Å²) in [5.41, 5.74) is 2.86. The number of benzene rings is 1. The van der Waals surface area contributed by atoms with Crippen molar-refractivity contribution in [1.82, 2.24) is 15.0 Å². The third-order valence-corrected chi connectivity index (χ3v) is 5.91. The van der Waals surface area contributed by atoms with Crippen LogP contribution in [0.1, 0.15) is 29.0 Å². The first-order valence-corrected chi connectivity index (χ1v) is 9.53. The Balaban J connectivity index is 1.29. The number of amides is 1. The minimum Gasteiger partial charge on any atom is -0.370 e. The molecule has 0 radical (unpaired) electrons. The fourth-order valence-corrected chi connectivity index (χ4v) is 4.17. The molecule has 1 aromatic heterocycles. The number of nitrogens with zero attached hydrogens (tertiary/aromatic N) is 3. The summed E-state index contributed by atoms with van der Waals surface area (Å²) in [5.74, 6) is 0.857. The Morgan fingerprint density at radius 2 is 2.04 bits per heavy atom. The van der Waals surface area contributed by atoms with Crippen LogP contribution in [0.15, 0.2) is 34.9 Å². The van der Waals surface area contributed by atoms with Gasteiger partial charge in [0.05, 0.1) is 31.8 Å². The molecular formula is C21H27N3O3. The second kappa shape index (κ2) is 7.09. The molecule has 4 rings (SSSR count). The highest BCUT2D eigenvalue weighted by molar-refractivity contribution is 5.80. The highest BCUT2D eigenvalue weighted by Crippen LogP contribution is 2.37. The SMILES string of the molecule is Cc1noc(C)c1CC(=O)N1CC2(C[C@H](N(C)Cc3ccccc3)CO2)C1. The molecule has 0 saturated carbocycles. The van der Waals surface area contributed by atoms with E-state index in [2.05, 4.69) is 41.4 Å². The van der Waals surface area contributed by atoms with Crippen LogP contribution in [0.2, 0.25) is 0 Å². The van der Waals surface area contributed by atoms with E-state index < -0.39 is 0 Å². The third-order valence-electron chi connectivity index (χ3n) is 5.91. The number of rotatable bonds is 5. The molecule has 6 heteroatoms. The molecule has 1 spiro atoms. The summed E-state index contributed by atoms with van der Waals surface area (Å²) < 4.78 is 11.3. The van der Waals surface area contributed by atoms with Gasteiger partial charge in [-0.2, -0.15) is 0 Å². The molecule has 6 nitrogen and oxygen atoms in total. The molecule has 3 heterocycles. The summed E-state index contributed by atoms with van der Waals surface area (Å²) >= 11 is 0. The molecule has 144 valence electrons. The summed E-state index contributed by atoms with van der Waals surface area (Å²) in [6.45, 7) is 6.75. The Morgan fingerprint density at radius 3 is 2.70 bits per heavy atom. The second-order valence-electron chi connectivity index (χ2n) is 7.98.